The third kappa shape index (κ3) is 4.19. The van der Waals surface area contributed by atoms with E-state index in [1.54, 1.807) is 19.1 Å². The topological polar surface area (TPSA) is 43.4 Å². The Morgan fingerprint density at radius 3 is 2.41 bits per heavy atom. The number of ketones is 1. The molecule has 17 heavy (non-hydrogen) atoms. The molecule has 1 aromatic carbocycles. The lowest BCUT2D eigenvalue weighted by molar-refractivity contribution is -0.153. The predicted octanol–water partition coefficient (Wildman–Crippen LogP) is 2.97. The molecule has 3 nitrogen and oxygen atoms in total. The van der Waals surface area contributed by atoms with Crippen LogP contribution in [0.15, 0.2) is 24.3 Å². The van der Waals surface area contributed by atoms with Crippen molar-refractivity contribution >= 4 is 23.4 Å². The zero-order valence-electron chi connectivity index (χ0n) is 9.90. The van der Waals surface area contributed by atoms with E-state index in [0.717, 1.165) is 5.56 Å². The van der Waals surface area contributed by atoms with Gasteiger partial charge in [-0.2, -0.15) is 0 Å². The number of ether oxygens (including phenoxy) is 1. The molecule has 0 radical (unpaired) electrons. The first-order valence-electron chi connectivity index (χ1n) is 5.50. The Labute approximate surface area is 106 Å². The molecule has 92 valence electrons. The normalized spacial score (nSPS) is 11.9. The van der Waals surface area contributed by atoms with E-state index in [4.69, 9.17) is 11.6 Å². The van der Waals surface area contributed by atoms with E-state index in [1.807, 2.05) is 19.1 Å². The van der Waals surface area contributed by atoms with Crippen molar-refractivity contribution in [3.05, 3.63) is 34.9 Å². The number of hydrogen-bond acceptors (Lipinski definition) is 3. The summed E-state index contributed by atoms with van der Waals surface area (Å²) in [7, 11) is 0. The van der Waals surface area contributed by atoms with Gasteiger partial charge in [-0.15, -0.1) is 0 Å². The summed E-state index contributed by atoms with van der Waals surface area (Å²) in [6.45, 7) is 3.79. The van der Waals surface area contributed by atoms with Crippen LogP contribution >= 0.6 is 11.6 Å². The molecule has 0 bridgehead atoms. The lowest BCUT2D eigenvalue weighted by Gasteiger charge is -2.10. The molecule has 0 N–H and O–H groups in total. The first-order chi connectivity index (χ1) is 8.04. The van der Waals surface area contributed by atoms with Crippen LogP contribution in [-0.2, 0) is 14.3 Å². The van der Waals surface area contributed by atoms with Crippen molar-refractivity contribution in [3.63, 3.8) is 0 Å². The van der Waals surface area contributed by atoms with Crippen molar-refractivity contribution < 1.29 is 14.3 Å². The molecule has 1 rings (SSSR count). The van der Waals surface area contributed by atoms with Crippen molar-refractivity contribution in [2.45, 2.75) is 26.2 Å². The highest BCUT2D eigenvalue weighted by Gasteiger charge is 2.18. The Bertz CT molecular complexity index is 398. The van der Waals surface area contributed by atoms with Gasteiger partial charge in [0.05, 0.1) is 6.61 Å². The number of rotatable bonds is 5. The quantitative estimate of drug-likeness (QED) is 0.599. The van der Waals surface area contributed by atoms with Crippen LogP contribution in [0.1, 0.15) is 31.7 Å². The summed E-state index contributed by atoms with van der Waals surface area (Å²) in [6.07, 6.45) is 0.153. The summed E-state index contributed by atoms with van der Waals surface area (Å²) in [5.41, 5.74) is 0.979. The summed E-state index contributed by atoms with van der Waals surface area (Å²) in [5.74, 6) is -1.27. The fourth-order valence-corrected chi connectivity index (χ4v) is 1.61. The number of benzene rings is 1. The van der Waals surface area contributed by atoms with Gasteiger partial charge in [-0.05, 0) is 30.5 Å². The molecule has 0 aliphatic rings. The average molecular weight is 255 g/mol. The highest BCUT2D eigenvalue weighted by Crippen LogP contribution is 2.21. The second kappa shape index (κ2) is 6.40. The molecule has 1 atom stereocenters. The molecule has 0 fully saturated rings. The van der Waals surface area contributed by atoms with Gasteiger partial charge in [-0.3, -0.25) is 4.79 Å². The van der Waals surface area contributed by atoms with E-state index in [-0.39, 0.29) is 18.9 Å². The summed E-state index contributed by atoms with van der Waals surface area (Å²) in [4.78, 5) is 22.7. The van der Waals surface area contributed by atoms with Gasteiger partial charge in [0.2, 0.25) is 5.78 Å². The number of carbonyl (C=O) groups is 2. The number of carbonyl (C=O) groups excluding carboxylic acids is 2. The Kier molecular flexibility index (Phi) is 5.16. The van der Waals surface area contributed by atoms with Crippen molar-refractivity contribution in [2.75, 3.05) is 6.61 Å². The molecule has 0 spiro atoms. The molecular formula is C13H15ClO3. The van der Waals surface area contributed by atoms with Crippen molar-refractivity contribution in [2.24, 2.45) is 0 Å². The molecule has 0 saturated heterocycles. The van der Waals surface area contributed by atoms with E-state index in [9.17, 15) is 9.59 Å². The number of Topliss-reactive ketones (excluding diaryl/α,β-unsaturated/α-hetero) is 1. The van der Waals surface area contributed by atoms with E-state index in [2.05, 4.69) is 4.74 Å². The zero-order chi connectivity index (χ0) is 12.8. The first kappa shape index (κ1) is 13.7. The van der Waals surface area contributed by atoms with Crippen molar-refractivity contribution in [1.82, 2.24) is 0 Å². The molecule has 0 aliphatic heterocycles. The largest absolute Gasteiger partial charge is 0.460 e. The fraction of sp³-hybridized carbons (Fsp3) is 0.385. The predicted molar refractivity (Wildman–Crippen MR) is 66.1 cm³/mol. The van der Waals surface area contributed by atoms with Gasteiger partial charge < -0.3 is 4.74 Å². The van der Waals surface area contributed by atoms with Crippen LogP contribution in [0.25, 0.3) is 0 Å². The SMILES string of the molecule is CCOC(=O)C(=O)CC(C)c1ccc(Cl)cc1. The summed E-state index contributed by atoms with van der Waals surface area (Å²) in [5, 5.41) is 0.651. The Morgan fingerprint density at radius 2 is 1.88 bits per heavy atom. The average Bonchev–Trinajstić information content (AvgIpc) is 2.30. The fourth-order valence-electron chi connectivity index (χ4n) is 1.48. The molecule has 1 unspecified atom stereocenters. The standard InChI is InChI=1S/C13H15ClO3/c1-3-17-13(16)12(15)8-9(2)10-4-6-11(14)7-5-10/h4-7,9H,3,8H2,1-2H3. The zero-order valence-corrected chi connectivity index (χ0v) is 10.7. The monoisotopic (exact) mass is 254 g/mol. The van der Waals surface area contributed by atoms with E-state index in [0.29, 0.717) is 5.02 Å². The molecule has 1 aromatic rings. The molecule has 4 heteroatoms. The molecule has 0 amide bonds. The van der Waals surface area contributed by atoms with Crippen LogP contribution < -0.4 is 0 Å². The Morgan fingerprint density at radius 1 is 1.29 bits per heavy atom. The maximum Gasteiger partial charge on any atom is 0.374 e. The molecule has 0 aliphatic carbocycles. The minimum Gasteiger partial charge on any atom is -0.460 e. The van der Waals surface area contributed by atoms with Gasteiger partial charge in [0.25, 0.3) is 0 Å². The van der Waals surface area contributed by atoms with Gasteiger partial charge >= 0.3 is 5.97 Å². The smallest absolute Gasteiger partial charge is 0.374 e. The van der Waals surface area contributed by atoms with E-state index >= 15 is 0 Å². The summed E-state index contributed by atoms with van der Waals surface area (Å²) in [6, 6.07) is 7.24. The van der Waals surface area contributed by atoms with Gasteiger partial charge in [0.15, 0.2) is 0 Å². The maximum absolute atomic E-state index is 11.5. The van der Waals surface area contributed by atoms with Gasteiger partial charge in [-0.25, -0.2) is 4.79 Å². The third-order valence-electron chi connectivity index (χ3n) is 2.43. The summed E-state index contributed by atoms with van der Waals surface area (Å²) >= 11 is 5.77. The molecule has 0 aromatic heterocycles. The maximum atomic E-state index is 11.5. The highest BCUT2D eigenvalue weighted by atomic mass is 35.5. The Balaban J connectivity index is 2.60. The number of halogens is 1. The lowest BCUT2D eigenvalue weighted by atomic mass is 9.96. The van der Waals surface area contributed by atoms with Crippen LogP contribution in [0.2, 0.25) is 5.02 Å². The second-order valence-electron chi connectivity index (χ2n) is 3.80. The van der Waals surface area contributed by atoms with Crippen LogP contribution in [0, 0.1) is 0 Å². The first-order valence-corrected chi connectivity index (χ1v) is 5.87. The molecular weight excluding hydrogens is 240 g/mol. The van der Waals surface area contributed by atoms with Crippen LogP contribution in [0.3, 0.4) is 0 Å². The minimum atomic E-state index is -0.756. The van der Waals surface area contributed by atoms with Crippen LogP contribution in [0.4, 0.5) is 0 Å². The van der Waals surface area contributed by atoms with E-state index < -0.39 is 11.8 Å². The van der Waals surface area contributed by atoms with Gasteiger partial charge in [0, 0.05) is 11.4 Å². The molecule has 0 saturated carbocycles. The highest BCUT2D eigenvalue weighted by molar-refractivity contribution is 6.33. The molecule has 0 heterocycles. The number of esters is 1. The second-order valence-corrected chi connectivity index (χ2v) is 4.24. The van der Waals surface area contributed by atoms with E-state index in [1.165, 1.54) is 0 Å². The van der Waals surface area contributed by atoms with Gasteiger partial charge in [-0.1, -0.05) is 30.7 Å². The minimum absolute atomic E-state index is 0.0239. The number of hydrogen-bond donors (Lipinski definition) is 0. The van der Waals surface area contributed by atoms with Crippen molar-refractivity contribution in [1.29, 1.82) is 0 Å². The van der Waals surface area contributed by atoms with Crippen LogP contribution in [-0.4, -0.2) is 18.4 Å². The third-order valence-corrected chi connectivity index (χ3v) is 2.69. The van der Waals surface area contributed by atoms with Gasteiger partial charge in [0.1, 0.15) is 0 Å². The summed E-state index contributed by atoms with van der Waals surface area (Å²) < 4.78 is 4.65. The van der Waals surface area contributed by atoms with Crippen LogP contribution in [0.5, 0.6) is 0 Å². The lowest BCUT2D eigenvalue weighted by Crippen LogP contribution is -2.19. The Hall–Kier alpha value is -1.35. The van der Waals surface area contributed by atoms with Crippen molar-refractivity contribution in [3.8, 4) is 0 Å².